The molecule has 256 valence electrons. The van der Waals surface area contributed by atoms with E-state index in [-0.39, 0.29) is 23.4 Å². The van der Waals surface area contributed by atoms with Crippen molar-refractivity contribution >= 4 is 41.3 Å². The number of hydrogen-bond acceptors (Lipinski definition) is 4. The van der Waals surface area contributed by atoms with Gasteiger partial charge in [0.25, 0.3) is 8.32 Å². The maximum atomic E-state index is 7.78. The minimum atomic E-state index is -2.92. The molecule has 1 saturated heterocycles. The molecule has 6 heteroatoms. The highest BCUT2D eigenvalue weighted by atomic mass is 127. The van der Waals surface area contributed by atoms with Gasteiger partial charge < -0.3 is 18.6 Å². The maximum absolute atomic E-state index is 7.78. The van der Waals surface area contributed by atoms with Crippen LogP contribution in [-0.4, -0.2) is 39.0 Å². The first-order valence-corrected chi connectivity index (χ1v) is 20.4. The van der Waals surface area contributed by atoms with Crippen molar-refractivity contribution in [2.24, 2.45) is 0 Å². The zero-order valence-electron chi connectivity index (χ0n) is 29.4. The predicted octanol–water partition coefficient (Wildman–Crippen LogP) is 9.16. The Kier molecular flexibility index (Phi) is 9.80. The van der Waals surface area contributed by atoms with E-state index in [4.69, 9.17) is 18.6 Å². The molecule has 1 aliphatic heterocycles. The average Bonchev–Trinajstić information content (AvgIpc) is 3.57. The second-order valence-corrected chi connectivity index (χ2v) is 20.1. The van der Waals surface area contributed by atoms with Crippen LogP contribution in [-0.2, 0) is 24.2 Å². The standard InChI is InChI=1S/C44H45IO4Si/c1-42(2,3)50(35-27-17-9-18-28-35,36-29-19-10-20-30-36)49-40-38(45)37(39-41(40)48-43(4,5)47-39)31-46-44(32-21-11-6-12-22-32,33-23-13-7-14-24-33)34-25-15-8-16-26-34/h6-30,39-41H,31H2,1-5H3/t39-,40+,41?/m1/s1. The molecule has 50 heavy (non-hydrogen) atoms. The molecule has 0 N–H and O–H groups in total. The van der Waals surface area contributed by atoms with Crippen LogP contribution < -0.4 is 10.4 Å². The monoisotopic (exact) mass is 792 g/mol. The minimum Gasteiger partial charge on any atom is -0.397 e. The smallest absolute Gasteiger partial charge is 0.262 e. The van der Waals surface area contributed by atoms with Crippen molar-refractivity contribution in [2.75, 3.05) is 6.61 Å². The topological polar surface area (TPSA) is 36.9 Å². The first-order chi connectivity index (χ1) is 24.1. The Labute approximate surface area is 311 Å². The van der Waals surface area contributed by atoms with Crippen molar-refractivity contribution in [1.29, 1.82) is 0 Å². The fourth-order valence-corrected chi connectivity index (χ4v) is 13.7. The van der Waals surface area contributed by atoms with Crippen molar-refractivity contribution in [3.63, 3.8) is 0 Å². The molecule has 0 radical (unpaired) electrons. The zero-order chi connectivity index (χ0) is 35.0. The lowest BCUT2D eigenvalue weighted by Gasteiger charge is -2.45. The van der Waals surface area contributed by atoms with Crippen LogP contribution in [0.3, 0.4) is 0 Å². The predicted molar refractivity (Wildman–Crippen MR) is 213 cm³/mol. The summed E-state index contributed by atoms with van der Waals surface area (Å²) in [5.74, 6) is -0.777. The Morgan fingerprint density at radius 1 is 0.620 bits per heavy atom. The molecule has 0 saturated carbocycles. The lowest BCUT2D eigenvalue weighted by atomic mass is 9.80. The number of fused-ring (bicyclic) bond motifs is 1. The molecular formula is C44H45IO4Si. The summed E-state index contributed by atoms with van der Waals surface area (Å²) in [5, 5.41) is 2.27. The number of hydrogen-bond donors (Lipinski definition) is 0. The van der Waals surface area contributed by atoms with Gasteiger partial charge in [-0.1, -0.05) is 172 Å². The number of halogens is 1. The number of benzene rings is 5. The van der Waals surface area contributed by atoms with Crippen molar-refractivity contribution in [2.45, 2.75) is 69.4 Å². The Morgan fingerprint density at radius 2 is 1.02 bits per heavy atom. The number of ether oxygens (including phenoxy) is 3. The third kappa shape index (κ3) is 6.24. The largest absolute Gasteiger partial charge is 0.397 e. The molecule has 1 fully saturated rings. The van der Waals surface area contributed by atoms with E-state index in [1.54, 1.807) is 0 Å². The van der Waals surface area contributed by atoms with Gasteiger partial charge in [-0.2, -0.15) is 0 Å². The van der Waals surface area contributed by atoms with Crippen molar-refractivity contribution < 1.29 is 18.6 Å². The molecule has 1 aliphatic carbocycles. The molecular weight excluding hydrogens is 747 g/mol. The Hall–Kier alpha value is -3.37. The summed E-state index contributed by atoms with van der Waals surface area (Å²) >= 11 is 2.50. The van der Waals surface area contributed by atoms with Gasteiger partial charge in [0.1, 0.15) is 23.9 Å². The minimum absolute atomic E-state index is 0.195. The van der Waals surface area contributed by atoms with Gasteiger partial charge in [-0.3, -0.25) is 0 Å². The molecule has 0 spiro atoms. The number of rotatable bonds is 10. The summed E-state index contributed by atoms with van der Waals surface area (Å²) < 4.78 is 29.8. The summed E-state index contributed by atoms with van der Waals surface area (Å²) in [5.41, 5.74) is 3.39. The van der Waals surface area contributed by atoms with Crippen molar-refractivity contribution in [3.8, 4) is 0 Å². The second-order valence-electron chi connectivity index (χ2n) is 14.7. The molecule has 4 nitrogen and oxygen atoms in total. The van der Waals surface area contributed by atoms with Crippen LogP contribution in [0, 0.1) is 0 Å². The molecule has 5 aromatic rings. The third-order valence-electron chi connectivity index (χ3n) is 10.0. The summed E-state index contributed by atoms with van der Waals surface area (Å²) in [6.45, 7) is 11.3. The summed E-state index contributed by atoms with van der Waals surface area (Å²) in [7, 11) is -2.92. The highest BCUT2D eigenvalue weighted by Gasteiger charge is 2.59. The van der Waals surface area contributed by atoms with Crippen LogP contribution in [0.15, 0.2) is 161 Å². The van der Waals surface area contributed by atoms with Gasteiger partial charge in [0, 0.05) is 3.58 Å². The molecule has 1 unspecified atom stereocenters. The van der Waals surface area contributed by atoms with Gasteiger partial charge in [-0.25, -0.2) is 0 Å². The molecule has 7 rings (SSSR count). The lowest BCUT2D eigenvalue weighted by molar-refractivity contribution is -0.152. The van der Waals surface area contributed by atoms with Crippen LogP contribution in [0.4, 0.5) is 0 Å². The van der Waals surface area contributed by atoms with Crippen molar-refractivity contribution in [1.82, 2.24) is 0 Å². The van der Waals surface area contributed by atoms with Crippen molar-refractivity contribution in [3.05, 3.63) is 178 Å². The molecule has 0 amide bonds. The van der Waals surface area contributed by atoms with E-state index in [9.17, 15) is 0 Å². The van der Waals surface area contributed by atoms with E-state index in [1.807, 2.05) is 13.8 Å². The average molecular weight is 793 g/mol. The summed E-state index contributed by atoms with van der Waals surface area (Å²) in [6, 6.07) is 53.2. The third-order valence-corrected chi connectivity index (χ3v) is 16.4. The molecule has 1 heterocycles. The van der Waals surface area contributed by atoms with E-state index < -0.39 is 19.7 Å². The van der Waals surface area contributed by atoms with Crippen LogP contribution in [0.2, 0.25) is 5.04 Å². The molecule has 2 aliphatic rings. The highest BCUT2D eigenvalue weighted by Crippen LogP contribution is 2.50. The Balaban J connectivity index is 1.36. The molecule has 3 atom stereocenters. The van der Waals surface area contributed by atoms with E-state index in [0.29, 0.717) is 6.61 Å². The van der Waals surface area contributed by atoms with Crippen LogP contribution in [0.1, 0.15) is 51.3 Å². The fraction of sp³-hybridized carbons (Fsp3) is 0.273. The zero-order valence-corrected chi connectivity index (χ0v) is 32.5. The molecule has 0 bridgehead atoms. The van der Waals surface area contributed by atoms with Crippen LogP contribution >= 0.6 is 22.6 Å². The Morgan fingerprint density at radius 3 is 1.42 bits per heavy atom. The fourth-order valence-electron chi connectivity index (χ4n) is 7.85. The summed E-state index contributed by atoms with van der Waals surface area (Å²) in [4.78, 5) is 0. The first-order valence-electron chi connectivity index (χ1n) is 17.4. The van der Waals surface area contributed by atoms with Gasteiger partial charge in [-0.05, 0) is 74.1 Å². The van der Waals surface area contributed by atoms with Gasteiger partial charge in [-0.15, -0.1) is 0 Å². The quantitative estimate of drug-likeness (QED) is 0.0804. The van der Waals surface area contributed by atoms with E-state index in [2.05, 4.69) is 195 Å². The molecule has 0 aromatic heterocycles. The molecule has 5 aromatic carbocycles. The lowest BCUT2D eigenvalue weighted by Crippen LogP contribution is -2.68. The first kappa shape index (κ1) is 35.0. The van der Waals surface area contributed by atoms with Gasteiger partial charge in [0.2, 0.25) is 0 Å². The highest BCUT2D eigenvalue weighted by molar-refractivity contribution is 14.1. The van der Waals surface area contributed by atoms with E-state index >= 15 is 0 Å². The normalized spacial score (nSPS) is 20.6. The van der Waals surface area contributed by atoms with E-state index in [1.165, 1.54) is 10.4 Å². The van der Waals surface area contributed by atoms with Gasteiger partial charge >= 0.3 is 0 Å². The van der Waals surface area contributed by atoms with Gasteiger partial charge in [0.15, 0.2) is 5.79 Å². The second kappa shape index (κ2) is 14.0. The van der Waals surface area contributed by atoms with Crippen LogP contribution in [0.5, 0.6) is 0 Å². The van der Waals surface area contributed by atoms with Gasteiger partial charge in [0.05, 0.1) is 6.61 Å². The Bertz CT molecular complexity index is 1770. The van der Waals surface area contributed by atoms with E-state index in [0.717, 1.165) is 25.8 Å². The SMILES string of the molecule is CC1(C)OC2[C@H](O1)C(COC(c1ccccc1)(c1ccccc1)c1ccccc1)=C(I)[C@@H]2O[Si](c1ccccc1)(c1ccccc1)C(C)(C)C. The van der Waals surface area contributed by atoms with Crippen LogP contribution in [0.25, 0.3) is 0 Å². The maximum Gasteiger partial charge on any atom is 0.262 e. The summed E-state index contributed by atoms with van der Waals surface area (Å²) in [6.07, 6.45) is -0.983.